The van der Waals surface area contributed by atoms with Gasteiger partial charge in [0, 0.05) is 21.8 Å². The number of halogens is 2. The van der Waals surface area contributed by atoms with Gasteiger partial charge in [-0.15, -0.1) is 0 Å². The van der Waals surface area contributed by atoms with Crippen LogP contribution in [0.25, 0.3) is 11.3 Å². The third kappa shape index (κ3) is 2.37. The first-order valence-corrected chi connectivity index (χ1v) is 4.92. The van der Waals surface area contributed by atoms with Crippen LogP contribution < -0.4 is 5.69 Å². The van der Waals surface area contributed by atoms with Crippen LogP contribution in [0.15, 0.2) is 35.3 Å². The van der Waals surface area contributed by atoms with Crippen molar-refractivity contribution in [1.82, 2.24) is 9.97 Å². The lowest BCUT2D eigenvalue weighted by molar-refractivity contribution is 1.08. The zero-order valence-electron chi connectivity index (χ0n) is 7.50. The van der Waals surface area contributed by atoms with Crippen LogP contribution in [0.3, 0.4) is 0 Å². The molecule has 0 unspecified atom stereocenters. The Labute approximate surface area is 95.7 Å². The van der Waals surface area contributed by atoms with Crippen LogP contribution in [0, 0.1) is 0 Å². The van der Waals surface area contributed by atoms with Crippen LogP contribution in [0.1, 0.15) is 0 Å². The number of hydrogen-bond acceptors (Lipinski definition) is 2. The van der Waals surface area contributed by atoms with Crippen LogP contribution in [-0.4, -0.2) is 9.97 Å². The third-order valence-corrected chi connectivity index (χ3v) is 2.28. The summed E-state index contributed by atoms with van der Waals surface area (Å²) < 4.78 is 0. The Morgan fingerprint density at radius 1 is 1.13 bits per heavy atom. The summed E-state index contributed by atoms with van der Waals surface area (Å²) in [5, 5.41) is 1.05. The zero-order chi connectivity index (χ0) is 10.8. The number of hydrogen-bond donors (Lipinski definition) is 1. The van der Waals surface area contributed by atoms with Crippen molar-refractivity contribution in [3.63, 3.8) is 0 Å². The molecule has 2 aromatic rings. The Bertz CT molecular complexity index is 531. The molecule has 0 saturated heterocycles. The van der Waals surface area contributed by atoms with Gasteiger partial charge in [0.15, 0.2) is 0 Å². The highest BCUT2D eigenvalue weighted by molar-refractivity contribution is 6.35. The zero-order valence-corrected chi connectivity index (χ0v) is 9.01. The summed E-state index contributed by atoms with van der Waals surface area (Å²) in [6, 6.07) is 6.76. The number of H-pyrrole nitrogens is 1. The van der Waals surface area contributed by atoms with Gasteiger partial charge in [0.2, 0.25) is 0 Å². The predicted octanol–water partition coefficient (Wildman–Crippen LogP) is 2.74. The topological polar surface area (TPSA) is 45.8 Å². The molecule has 1 aromatic heterocycles. The molecule has 0 saturated carbocycles. The molecule has 1 heterocycles. The van der Waals surface area contributed by atoms with Crippen molar-refractivity contribution >= 4 is 23.2 Å². The maximum Gasteiger partial charge on any atom is 0.345 e. The van der Waals surface area contributed by atoms with Gasteiger partial charge in [-0.1, -0.05) is 23.2 Å². The van der Waals surface area contributed by atoms with Crippen LogP contribution in [0.5, 0.6) is 0 Å². The van der Waals surface area contributed by atoms with E-state index in [1.165, 1.54) is 6.20 Å². The standard InChI is InChI=1S/C10H6Cl2N2O/c11-7-3-6(4-8(12)5-7)9-1-2-13-10(15)14-9/h1-5H,(H,13,14,15). The fourth-order valence-corrected chi connectivity index (χ4v) is 1.77. The minimum Gasteiger partial charge on any atom is -0.305 e. The normalized spacial score (nSPS) is 10.3. The lowest BCUT2D eigenvalue weighted by Crippen LogP contribution is -2.09. The minimum absolute atomic E-state index is 0.399. The molecule has 3 nitrogen and oxygen atoms in total. The van der Waals surface area contributed by atoms with Gasteiger partial charge in [0.05, 0.1) is 5.69 Å². The van der Waals surface area contributed by atoms with Gasteiger partial charge in [-0.3, -0.25) is 0 Å². The smallest absolute Gasteiger partial charge is 0.305 e. The molecule has 0 spiro atoms. The summed E-state index contributed by atoms with van der Waals surface area (Å²) in [7, 11) is 0. The maximum absolute atomic E-state index is 11.0. The van der Waals surface area contributed by atoms with E-state index >= 15 is 0 Å². The molecule has 0 radical (unpaired) electrons. The first kappa shape index (κ1) is 10.2. The average Bonchev–Trinajstić information content (AvgIpc) is 2.16. The van der Waals surface area contributed by atoms with Crippen molar-refractivity contribution in [2.45, 2.75) is 0 Å². The highest BCUT2D eigenvalue weighted by Gasteiger charge is 2.01. The molecular formula is C10H6Cl2N2O. The lowest BCUT2D eigenvalue weighted by Gasteiger charge is -2.02. The van der Waals surface area contributed by atoms with Gasteiger partial charge >= 0.3 is 5.69 Å². The van der Waals surface area contributed by atoms with E-state index in [9.17, 15) is 4.79 Å². The molecule has 0 amide bonds. The van der Waals surface area contributed by atoms with Gasteiger partial charge in [-0.05, 0) is 24.3 Å². The number of benzene rings is 1. The molecule has 5 heteroatoms. The SMILES string of the molecule is O=c1nccc(-c2cc(Cl)cc(Cl)c2)[nH]1. The van der Waals surface area contributed by atoms with E-state index in [2.05, 4.69) is 9.97 Å². The minimum atomic E-state index is -0.399. The van der Waals surface area contributed by atoms with E-state index in [0.29, 0.717) is 15.7 Å². The highest BCUT2D eigenvalue weighted by atomic mass is 35.5. The fraction of sp³-hybridized carbons (Fsp3) is 0. The molecule has 1 aromatic carbocycles. The quantitative estimate of drug-likeness (QED) is 0.834. The van der Waals surface area contributed by atoms with Crippen LogP contribution >= 0.6 is 23.2 Å². The Morgan fingerprint density at radius 2 is 1.80 bits per heavy atom. The molecule has 15 heavy (non-hydrogen) atoms. The summed E-state index contributed by atoms with van der Waals surface area (Å²) >= 11 is 11.7. The van der Waals surface area contributed by atoms with Crippen molar-refractivity contribution in [2.75, 3.05) is 0 Å². The fourth-order valence-electron chi connectivity index (χ4n) is 1.25. The first-order valence-electron chi connectivity index (χ1n) is 4.17. The number of nitrogens with zero attached hydrogens (tertiary/aromatic N) is 1. The van der Waals surface area contributed by atoms with Crippen molar-refractivity contribution in [3.8, 4) is 11.3 Å². The number of aromatic amines is 1. The molecule has 2 rings (SSSR count). The molecule has 76 valence electrons. The molecular weight excluding hydrogens is 235 g/mol. The first-order chi connectivity index (χ1) is 7.15. The van der Waals surface area contributed by atoms with E-state index in [1.54, 1.807) is 24.3 Å². The second kappa shape index (κ2) is 4.04. The van der Waals surface area contributed by atoms with E-state index in [1.807, 2.05) is 0 Å². The summed E-state index contributed by atoms with van der Waals surface area (Å²) in [4.78, 5) is 17.1. The maximum atomic E-state index is 11.0. The van der Waals surface area contributed by atoms with Crippen molar-refractivity contribution < 1.29 is 0 Å². The second-order valence-electron chi connectivity index (χ2n) is 2.95. The summed E-state index contributed by atoms with van der Waals surface area (Å²) in [5.74, 6) is 0. The van der Waals surface area contributed by atoms with Gasteiger partial charge < -0.3 is 4.98 Å². The molecule has 0 atom stereocenters. The third-order valence-electron chi connectivity index (χ3n) is 1.85. The Morgan fingerprint density at radius 3 is 2.40 bits per heavy atom. The summed E-state index contributed by atoms with van der Waals surface area (Å²) in [5.41, 5.74) is 0.995. The van der Waals surface area contributed by atoms with E-state index in [-0.39, 0.29) is 0 Å². The van der Waals surface area contributed by atoms with Gasteiger partial charge in [0.1, 0.15) is 0 Å². The number of aromatic nitrogens is 2. The Balaban J connectivity index is 2.58. The van der Waals surface area contributed by atoms with Crippen LogP contribution in [-0.2, 0) is 0 Å². The summed E-state index contributed by atoms with van der Waals surface area (Å²) in [6.07, 6.45) is 1.43. The molecule has 0 aliphatic rings. The van der Waals surface area contributed by atoms with Crippen molar-refractivity contribution in [1.29, 1.82) is 0 Å². The molecule has 0 aliphatic heterocycles. The van der Waals surface area contributed by atoms with E-state index in [0.717, 1.165) is 5.56 Å². The van der Waals surface area contributed by atoms with Gasteiger partial charge in [-0.25, -0.2) is 9.78 Å². The molecule has 0 aliphatic carbocycles. The lowest BCUT2D eigenvalue weighted by atomic mass is 10.1. The highest BCUT2D eigenvalue weighted by Crippen LogP contribution is 2.24. The summed E-state index contributed by atoms with van der Waals surface area (Å²) in [6.45, 7) is 0. The monoisotopic (exact) mass is 240 g/mol. The van der Waals surface area contributed by atoms with Crippen LogP contribution in [0.2, 0.25) is 10.0 Å². The van der Waals surface area contributed by atoms with Crippen molar-refractivity contribution in [3.05, 3.63) is 51.0 Å². The second-order valence-corrected chi connectivity index (χ2v) is 3.82. The van der Waals surface area contributed by atoms with Crippen molar-refractivity contribution in [2.24, 2.45) is 0 Å². The number of nitrogens with one attached hydrogen (secondary N) is 1. The van der Waals surface area contributed by atoms with Gasteiger partial charge in [-0.2, -0.15) is 0 Å². The van der Waals surface area contributed by atoms with E-state index < -0.39 is 5.69 Å². The van der Waals surface area contributed by atoms with Gasteiger partial charge in [0.25, 0.3) is 0 Å². The number of rotatable bonds is 1. The Kier molecular flexibility index (Phi) is 2.75. The predicted molar refractivity (Wildman–Crippen MR) is 60.3 cm³/mol. The Hall–Kier alpha value is -1.32. The average molecular weight is 241 g/mol. The van der Waals surface area contributed by atoms with E-state index in [4.69, 9.17) is 23.2 Å². The van der Waals surface area contributed by atoms with Crippen LogP contribution in [0.4, 0.5) is 0 Å². The molecule has 0 bridgehead atoms. The molecule has 1 N–H and O–H groups in total. The molecule has 0 fully saturated rings. The largest absolute Gasteiger partial charge is 0.345 e.